The molecule has 0 saturated carbocycles. The lowest BCUT2D eigenvalue weighted by Gasteiger charge is -2.13. The molecule has 0 aliphatic rings. The molecule has 5 heteroatoms. The van der Waals surface area contributed by atoms with Gasteiger partial charge in [-0.25, -0.2) is 0 Å². The van der Waals surface area contributed by atoms with Crippen LogP contribution in [0.3, 0.4) is 0 Å². The van der Waals surface area contributed by atoms with Crippen molar-refractivity contribution in [3.63, 3.8) is 0 Å². The molecule has 98 valence electrons. The van der Waals surface area contributed by atoms with Crippen LogP contribution < -0.4 is 10.5 Å². The molecule has 0 aliphatic heterocycles. The van der Waals surface area contributed by atoms with Crippen molar-refractivity contribution in [1.29, 1.82) is 0 Å². The van der Waals surface area contributed by atoms with Gasteiger partial charge in [0.25, 0.3) is 0 Å². The number of hydrogen-bond donors (Lipinski definition) is 1. The van der Waals surface area contributed by atoms with Gasteiger partial charge in [-0.3, -0.25) is 0 Å². The van der Waals surface area contributed by atoms with Gasteiger partial charge in [0.15, 0.2) is 0 Å². The zero-order valence-electron chi connectivity index (χ0n) is 10.1. The van der Waals surface area contributed by atoms with E-state index in [0.29, 0.717) is 16.3 Å². The van der Waals surface area contributed by atoms with Crippen LogP contribution in [-0.2, 0) is 0 Å². The number of halogens is 2. The minimum atomic E-state index is 0.216. The summed E-state index contributed by atoms with van der Waals surface area (Å²) in [4.78, 5) is 0.216. The summed E-state index contributed by atoms with van der Waals surface area (Å²) < 4.78 is 6.82. The van der Waals surface area contributed by atoms with Gasteiger partial charge in [0.2, 0.25) is 0 Å². The highest BCUT2D eigenvalue weighted by molar-refractivity contribution is 9.10. The standard InChI is InChI=1S/C14H11BrClNOS/c1-8-5-6-9(15)7-12(8)18-11-4-2-3-10(16)13(11)14(17)19/h2-7H,1H3,(H2,17,19). The Morgan fingerprint density at radius 1 is 1.26 bits per heavy atom. The first-order valence-corrected chi connectivity index (χ1v) is 7.09. The normalized spacial score (nSPS) is 10.3. The quantitative estimate of drug-likeness (QED) is 0.799. The van der Waals surface area contributed by atoms with Crippen LogP contribution in [0.4, 0.5) is 0 Å². The smallest absolute Gasteiger partial charge is 0.139 e. The minimum Gasteiger partial charge on any atom is -0.456 e. The maximum absolute atomic E-state index is 6.10. The van der Waals surface area contributed by atoms with E-state index in [0.717, 1.165) is 15.8 Å². The van der Waals surface area contributed by atoms with Gasteiger partial charge < -0.3 is 10.5 Å². The third kappa shape index (κ3) is 3.26. The molecule has 0 amide bonds. The van der Waals surface area contributed by atoms with Gasteiger partial charge in [0.05, 0.1) is 10.6 Å². The molecule has 0 bridgehead atoms. The van der Waals surface area contributed by atoms with Crippen LogP contribution in [0.5, 0.6) is 11.5 Å². The van der Waals surface area contributed by atoms with Crippen LogP contribution in [0.25, 0.3) is 0 Å². The molecule has 0 unspecified atom stereocenters. The number of aryl methyl sites for hydroxylation is 1. The largest absolute Gasteiger partial charge is 0.456 e. The van der Waals surface area contributed by atoms with E-state index in [4.69, 9.17) is 34.3 Å². The molecule has 0 aliphatic carbocycles. The molecule has 0 atom stereocenters. The third-order valence-electron chi connectivity index (χ3n) is 2.59. The van der Waals surface area contributed by atoms with E-state index >= 15 is 0 Å². The van der Waals surface area contributed by atoms with Crippen LogP contribution in [0, 0.1) is 6.92 Å². The van der Waals surface area contributed by atoms with Crippen molar-refractivity contribution in [2.24, 2.45) is 5.73 Å². The SMILES string of the molecule is Cc1ccc(Br)cc1Oc1cccc(Cl)c1C(N)=S. The molecule has 0 radical (unpaired) electrons. The molecule has 2 nitrogen and oxygen atoms in total. The second-order valence-corrected chi connectivity index (χ2v) is 5.75. The van der Waals surface area contributed by atoms with Gasteiger partial charge in [-0.1, -0.05) is 51.9 Å². The van der Waals surface area contributed by atoms with E-state index in [-0.39, 0.29) is 4.99 Å². The lowest BCUT2D eigenvalue weighted by atomic mass is 10.2. The summed E-state index contributed by atoms with van der Waals surface area (Å²) >= 11 is 14.5. The van der Waals surface area contributed by atoms with E-state index in [1.54, 1.807) is 18.2 Å². The van der Waals surface area contributed by atoms with Crippen molar-refractivity contribution in [1.82, 2.24) is 0 Å². The van der Waals surface area contributed by atoms with Gasteiger partial charge in [-0.15, -0.1) is 0 Å². The average molecular weight is 357 g/mol. The van der Waals surface area contributed by atoms with Crippen molar-refractivity contribution in [3.8, 4) is 11.5 Å². The summed E-state index contributed by atoms with van der Waals surface area (Å²) in [5.74, 6) is 1.29. The van der Waals surface area contributed by atoms with Gasteiger partial charge in [-0.05, 0) is 36.8 Å². The Balaban J connectivity index is 2.46. The number of rotatable bonds is 3. The molecule has 0 aromatic heterocycles. The third-order valence-corrected chi connectivity index (χ3v) is 3.60. The molecule has 2 aromatic rings. The lowest BCUT2D eigenvalue weighted by Crippen LogP contribution is -2.11. The monoisotopic (exact) mass is 355 g/mol. The minimum absolute atomic E-state index is 0.216. The molecule has 2 rings (SSSR count). The van der Waals surface area contributed by atoms with Crippen molar-refractivity contribution in [2.45, 2.75) is 6.92 Å². The van der Waals surface area contributed by atoms with Crippen LogP contribution >= 0.6 is 39.7 Å². The highest BCUT2D eigenvalue weighted by atomic mass is 79.9. The summed E-state index contributed by atoms with van der Waals surface area (Å²) in [6, 6.07) is 11.1. The molecule has 19 heavy (non-hydrogen) atoms. The molecule has 2 aromatic carbocycles. The van der Waals surface area contributed by atoms with Crippen LogP contribution in [-0.4, -0.2) is 4.99 Å². The van der Waals surface area contributed by atoms with E-state index < -0.39 is 0 Å². The van der Waals surface area contributed by atoms with Crippen molar-refractivity contribution < 1.29 is 4.74 Å². The Morgan fingerprint density at radius 3 is 2.68 bits per heavy atom. The summed E-state index contributed by atoms with van der Waals surface area (Å²) in [7, 11) is 0. The van der Waals surface area contributed by atoms with Gasteiger partial charge >= 0.3 is 0 Å². The Labute approximate surface area is 130 Å². The van der Waals surface area contributed by atoms with Gasteiger partial charge in [0.1, 0.15) is 16.5 Å². The van der Waals surface area contributed by atoms with Crippen molar-refractivity contribution >= 4 is 44.7 Å². The van der Waals surface area contributed by atoms with Gasteiger partial charge in [0, 0.05) is 4.47 Å². The molecule has 2 N–H and O–H groups in total. The Bertz CT molecular complexity index is 645. The number of nitrogens with two attached hydrogens (primary N) is 1. The zero-order chi connectivity index (χ0) is 14.0. The molecular formula is C14H11BrClNOS. The molecule has 0 heterocycles. The van der Waals surface area contributed by atoms with Crippen molar-refractivity contribution in [2.75, 3.05) is 0 Å². The predicted molar refractivity (Wildman–Crippen MR) is 86.3 cm³/mol. The van der Waals surface area contributed by atoms with E-state index in [9.17, 15) is 0 Å². The highest BCUT2D eigenvalue weighted by Crippen LogP contribution is 2.33. The maximum Gasteiger partial charge on any atom is 0.139 e. The summed E-state index contributed by atoms with van der Waals surface area (Å²) in [6.07, 6.45) is 0. The first-order valence-electron chi connectivity index (χ1n) is 5.51. The second-order valence-electron chi connectivity index (χ2n) is 3.99. The Morgan fingerprint density at radius 2 is 2.00 bits per heavy atom. The van der Waals surface area contributed by atoms with Crippen molar-refractivity contribution in [3.05, 3.63) is 57.0 Å². The second kappa shape index (κ2) is 5.90. The number of ether oxygens (including phenoxy) is 1. The topological polar surface area (TPSA) is 35.2 Å². The first-order chi connectivity index (χ1) is 8.99. The zero-order valence-corrected chi connectivity index (χ0v) is 13.3. The van der Waals surface area contributed by atoms with Gasteiger partial charge in [-0.2, -0.15) is 0 Å². The summed E-state index contributed by atoms with van der Waals surface area (Å²) in [5, 5.41) is 0.484. The highest BCUT2D eigenvalue weighted by Gasteiger charge is 2.12. The number of thiocarbonyl (C=S) groups is 1. The maximum atomic E-state index is 6.10. The fourth-order valence-electron chi connectivity index (χ4n) is 1.63. The van der Waals surface area contributed by atoms with Crippen LogP contribution in [0.2, 0.25) is 5.02 Å². The predicted octanol–water partition coefficient (Wildman–Crippen LogP) is 4.84. The van der Waals surface area contributed by atoms with Crippen LogP contribution in [0.1, 0.15) is 11.1 Å². The first kappa shape index (κ1) is 14.3. The summed E-state index contributed by atoms with van der Waals surface area (Å²) in [6.45, 7) is 1.97. The molecule has 0 spiro atoms. The fraction of sp³-hybridized carbons (Fsp3) is 0.0714. The average Bonchev–Trinajstić information content (AvgIpc) is 2.33. The van der Waals surface area contributed by atoms with Crippen LogP contribution in [0.15, 0.2) is 40.9 Å². The fourth-order valence-corrected chi connectivity index (χ4v) is 2.51. The summed E-state index contributed by atoms with van der Waals surface area (Å²) in [5.41, 5.74) is 7.26. The van der Waals surface area contributed by atoms with E-state index in [2.05, 4.69) is 15.9 Å². The molecular weight excluding hydrogens is 346 g/mol. The van der Waals surface area contributed by atoms with E-state index in [1.165, 1.54) is 0 Å². The number of hydrogen-bond acceptors (Lipinski definition) is 2. The molecule has 0 saturated heterocycles. The lowest BCUT2D eigenvalue weighted by molar-refractivity contribution is 0.477. The number of benzene rings is 2. The van der Waals surface area contributed by atoms with E-state index in [1.807, 2.05) is 25.1 Å². The molecule has 0 fully saturated rings. The Hall–Kier alpha value is -1.10. The Kier molecular flexibility index (Phi) is 4.45.